The molecule has 0 unspecified atom stereocenters. The highest BCUT2D eigenvalue weighted by Gasteiger charge is 2.06. The van der Waals surface area contributed by atoms with E-state index in [-0.39, 0.29) is 0 Å². The van der Waals surface area contributed by atoms with Crippen LogP contribution in [-0.4, -0.2) is 28.5 Å². The van der Waals surface area contributed by atoms with Crippen molar-refractivity contribution in [1.82, 2.24) is 14.9 Å². The number of aromatic nitrogens is 2. The Bertz CT molecular complexity index is 499. The van der Waals surface area contributed by atoms with E-state index in [2.05, 4.69) is 39.2 Å². The van der Waals surface area contributed by atoms with Gasteiger partial charge in [0.05, 0.1) is 11.4 Å². The molecule has 0 aromatic carbocycles. The molecule has 0 spiro atoms. The number of nitrogens with one attached hydrogen (secondary N) is 1. The van der Waals surface area contributed by atoms with Crippen molar-refractivity contribution in [3.63, 3.8) is 0 Å². The molecule has 0 saturated carbocycles. The number of anilines is 1. The summed E-state index contributed by atoms with van der Waals surface area (Å²) >= 11 is 0. The molecule has 0 aliphatic rings. The van der Waals surface area contributed by atoms with Crippen molar-refractivity contribution in [2.24, 2.45) is 0 Å². The van der Waals surface area contributed by atoms with Crippen LogP contribution in [0, 0.1) is 0 Å². The fraction of sp³-hybridized carbons (Fsp3) is 0.333. The maximum absolute atomic E-state index is 4.41. The van der Waals surface area contributed by atoms with Gasteiger partial charge in [-0.2, -0.15) is 0 Å². The summed E-state index contributed by atoms with van der Waals surface area (Å²) in [6, 6.07) is 10.1. The SMILES string of the molecule is CCN(Cc1ccccn1)Cc1cc(NC)ccn1. The first-order valence-corrected chi connectivity index (χ1v) is 6.56. The molecular formula is C15H20N4. The van der Waals surface area contributed by atoms with Crippen molar-refractivity contribution in [3.8, 4) is 0 Å². The van der Waals surface area contributed by atoms with Crippen LogP contribution in [0.3, 0.4) is 0 Å². The molecule has 0 aliphatic heterocycles. The summed E-state index contributed by atoms with van der Waals surface area (Å²) in [5, 5.41) is 3.14. The van der Waals surface area contributed by atoms with Crippen LogP contribution >= 0.6 is 0 Å². The van der Waals surface area contributed by atoms with Gasteiger partial charge < -0.3 is 5.32 Å². The molecule has 19 heavy (non-hydrogen) atoms. The first-order chi connectivity index (χ1) is 9.31. The Hall–Kier alpha value is -1.94. The smallest absolute Gasteiger partial charge is 0.0564 e. The predicted molar refractivity (Wildman–Crippen MR) is 77.8 cm³/mol. The van der Waals surface area contributed by atoms with Gasteiger partial charge in [0.25, 0.3) is 0 Å². The summed E-state index contributed by atoms with van der Waals surface area (Å²) in [5.74, 6) is 0. The summed E-state index contributed by atoms with van der Waals surface area (Å²) in [5.41, 5.74) is 3.26. The van der Waals surface area contributed by atoms with E-state index in [0.29, 0.717) is 0 Å². The zero-order chi connectivity index (χ0) is 13.5. The van der Waals surface area contributed by atoms with Crippen molar-refractivity contribution >= 4 is 5.69 Å². The molecule has 0 fully saturated rings. The maximum Gasteiger partial charge on any atom is 0.0564 e. The van der Waals surface area contributed by atoms with E-state index in [4.69, 9.17) is 0 Å². The lowest BCUT2D eigenvalue weighted by Crippen LogP contribution is -2.23. The van der Waals surface area contributed by atoms with Gasteiger partial charge in [-0.1, -0.05) is 13.0 Å². The van der Waals surface area contributed by atoms with Gasteiger partial charge in [0.15, 0.2) is 0 Å². The topological polar surface area (TPSA) is 41.1 Å². The Morgan fingerprint density at radius 1 is 1.05 bits per heavy atom. The molecule has 0 atom stereocenters. The van der Waals surface area contributed by atoms with Crippen molar-refractivity contribution in [1.29, 1.82) is 0 Å². The van der Waals surface area contributed by atoms with Gasteiger partial charge in [0.2, 0.25) is 0 Å². The standard InChI is InChI=1S/C15H20N4/c1-3-19(11-14-6-4-5-8-17-14)12-15-10-13(16-2)7-9-18-15/h4-10H,3,11-12H2,1-2H3,(H,16,18). The van der Waals surface area contributed by atoms with Crippen molar-refractivity contribution in [3.05, 3.63) is 54.1 Å². The molecule has 0 saturated heterocycles. The molecule has 0 aliphatic carbocycles. The molecule has 2 aromatic heterocycles. The van der Waals surface area contributed by atoms with Gasteiger partial charge in [-0.15, -0.1) is 0 Å². The zero-order valence-corrected chi connectivity index (χ0v) is 11.5. The minimum Gasteiger partial charge on any atom is -0.388 e. The molecule has 100 valence electrons. The highest BCUT2D eigenvalue weighted by molar-refractivity contribution is 5.42. The Morgan fingerprint density at radius 2 is 1.84 bits per heavy atom. The fourth-order valence-corrected chi connectivity index (χ4v) is 1.95. The summed E-state index contributed by atoms with van der Waals surface area (Å²) in [6.45, 7) is 4.82. The lowest BCUT2D eigenvalue weighted by molar-refractivity contribution is 0.265. The fourth-order valence-electron chi connectivity index (χ4n) is 1.95. The van der Waals surface area contributed by atoms with Gasteiger partial charge in [-0.25, -0.2) is 0 Å². The van der Waals surface area contributed by atoms with Crippen LogP contribution < -0.4 is 5.32 Å². The largest absolute Gasteiger partial charge is 0.388 e. The second kappa shape index (κ2) is 6.85. The molecular weight excluding hydrogens is 236 g/mol. The predicted octanol–water partition coefficient (Wildman–Crippen LogP) is 2.54. The van der Waals surface area contributed by atoms with Crippen molar-refractivity contribution < 1.29 is 0 Å². The number of pyridine rings is 2. The maximum atomic E-state index is 4.41. The van der Waals surface area contributed by atoms with E-state index in [0.717, 1.165) is 36.7 Å². The molecule has 2 rings (SSSR count). The highest BCUT2D eigenvalue weighted by atomic mass is 15.1. The Balaban J connectivity index is 2.02. The van der Waals surface area contributed by atoms with Crippen LogP contribution in [0.5, 0.6) is 0 Å². The molecule has 0 bridgehead atoms. The van der Waals surface area contributed by atoms with Crippen LogP contribution in [0.4, 0.5) is 5.69 Å². The van der Waals surface area contributed by atoms with Gasteiger partial charge in [0.1, 0.15) is 0 Å². The van der Waals surface area contributed by atoms with Crippen molar-refractivity contribution in [2.45, 2.75) is 20.0 Å². The number of hydrogen-bond donors (Lipinski definition) is 1. The third kappa shape index (κ3) is 4.03. The molecule has 2 heterocycles. The third-order valence-corrected chi connectivity index (χ3v) is 3.05. The molecule has 0 radical (unpaired) electrons. The lowest BCUT2D eigenvalue weighted by atomic mass is 10.2. The number of rotatable bonds is 6. The van der Waals surface area contributed by atoms with E-state index < -0.39 is 0 Å². The molecule has 1 N–H and O–H groups in total. The van der Waals surface area contributed by atoms with Gasteiger partial charge in [0, 0.05) is 38.2 Å². The second-order valence-corrected chi connectivity index (χ2v) is 4.41. The summed E-state index contributed by atoms with van der Waals surface area (Å²) < 4.78 is 0. The molecule has 0 amide bonds. The first kappa shape index (κ1) is 13.5. The summed E-state index contributed by atoms with van der Waals surface area (Å²) in [6.07, 6.45) is 3.68. The van der Waals surface area contributed by atoms with Gasteiger partial charge in [-0.3, -0.25) is 14.9 Å². The Kier molecular flexibility index (Phi) is 4.86. The zero-order valence-electron chi connectivity index (χ0n) is 11.5. The van der Waals surface area contributed by atoms with E-state index >= 15 is 0 Å². The minimum absolute atomic E-state index is 0.836. The van der Waals surface area contributed by atoms with E-state index in [1.165, 1.54) is 0 Å². The molecule has 2 aromatic rings. The van der Waals surface area contributed by atoms with Crippen LogP contribution in [0.1, 0.15) is 18.3 Å². The summed E-state index contributed by atoms with van der Waals surface area (Å²) in [7, 11) is 1.92. The molecule has 4 heteroatoms. The molecule has 4 nitrogen and oxygen atoms in total. The van der Waals surface area contributed by atoms with Crippen molar-refractivity contribution in [2.75, 3.05) is 18.9 Å². The average Bonchev–Trinajstić information content (AvgIpc) is 2.48. The number of hydrogen-bond acceptors (Lipinski definition) is 4. The minimum atomic E-state index is 0.836. The highest BCUT2D eigenvalue weighted by Crippen LogP contribution is 2.10. The monoisotopic (exact) mass is 256 g/mol. The average molecular weight is 256 g/mol. The van der Waals surface area contributed by atoms with Gasteiger partial charge in [-0.05, 0) is 30.8 Å². The van der Waals surface area contributed by atoms with Crippen LogP contribution in [-0.2, 0) is 13.1 Å². The Morgan fingerprint density at radius 3 is 2.53 bits per heavy atom. The lowest BCUT2D eigenvalue weighted by Gasteiger charge is -2.19. The Labute approximate surface area is 114 Å². The van der Waals surface area contributed by atoms with Crippen LogP contribution in [0.25, 0.3) is 0 Å². The van der Waals surface area contributed by atoms with Crippen LogP contribution in [0.15, 0.2) is 42.7 Å². The number of nitrogens with zero attached hydrogens (tertiary/aromatic N) is 3. The van der Waals surface area contributed by atoms with Crippen LogP contribution in [0.2, 0.25) is 0 Å². The van der Waals surface area contributed by atoms with E-state index in [1.54, 1.807) is 0 Å². The van der Waals surface area contributed by atoms with Gasteiger partial charge >= 0.3 is 0 Å². The third-order valence-electron chi connectivity index (χ3n) is 3.05. The van der Waals surface area contributed by atoms with E-state index in [9.17, 15) is 0 Å². The normalized spacial score (nSPS) is 10.7. The second-order valence-electron chi connectivity index (χ2n) is 4.41. The summed E-state index contributed by atoms with van der Waals surface area (Å²) in [4.78, 5) is 11.1. The van der Waals surface area contributed by atoms with E-state index in [1.807, 2.05) is 37.6 Å². The first-order valence-electron chi connectivity index (χ1n) is 6.56. The quantitative estimate of drug-likeness (QED) is 0.862.